The van der Waals surface area contributed by atoms with E-state index in [2.05, 4.69) is 31.1 Å². The number of nitrogens with zero attached hydrogens (tertiary/aromatic N) is 1. The van der Waals surface area contributed by atoms with E-state index in [1.165, 1.54) is 6.08 Å². The number of rotatable bonds is 7. The molecular formula is C14H23N3O3. The molecule has 0 aromatic carbocycles. The molecule has 4 amide bonds. The van der Waals surface area contributed by atoms with Gasteiger partial charge in [0.2, 0.25) is 5.91 Å². The van der Waals surface area contributed by atoms with Gasteiger partial charge < -0.3 is 10.6 Å². The average Bonchev–Trinajstić information content (AvgIpc) is 2.58. The lowest BCUT2D eigenvalue weighted by Crippen LogP contribution is -2.45. The van der Waals surface area contributed by atoms with Crippen molar-refractivity contribution in [1.29, 1.82) is 0 Å². The topological polar surface area (TPSA) is 78.5 Å². The van der Waals surface area contributed by atoms with E-state index in [1.54, 1.807) is 6.92 Å². The second-order valence-corrected chi connectivity index (χ2v) is 5.68. The number of nitrogens with one attached hydrogen (secondary N) is 2. The molecule has 1 aliphatic heterocycles. The molecule has 0 radical (unpaired) electrons. The number of carbonyl (C=O) groups excluding carboxylic acids is 3. The molecule has 1 fully saturated rings. The van der Waals surface area contributed by atoms with Crippen molar-refractivity contribution in [2.75, 3.05) is 13.1 Å². The molecule has 0 aromatic heterocycles. The highest BCUT2D eigenvalue weighted by Gasteiger charge is 2.47. The van der Waals surface area contributed by atoms with E-state index in [1.807, 2.05) is 0 Å². The van der Waals surface area contributed by atoms with Gasteiger partial charge in [0.15, 0.2) is 0 Å². The van der Waals surface area contributed by atoms with Crippen LogP contribution in [0.5, 0.6) is 0 Å². The summed E-state index contributed by atoms with van der Waals surface area (Å²) in [6.45, 7) is 9.37. The largest absolute Gasteiger partial charge is 0.351 e. The van der Waals surface area contributed by atoms with Crippen LogP contribution in [-0.4, -0.2) is 41.4 Å². The maximum Gasteiger partial charge on any atom is 0.325 e. The monoisotopic (exact) mass is 281 g/mol. The minimum atomic E-state index is -0.903. The van der Waals surface area contributed by atoms with Crippen LogP contribution in [0.25, 0.3) is 0 Å². The van der Waals surface area contributed by atoms with Crippen LogP contribution >= 0.6 is 0 Å². The van der Waals surface area contributed by atoms with Crippen LogP contribution in [0.15, 0.2) is 12.7 Å². The van der Waals surface area contributed by atoms with Gasteiger partial charge in [-0.2, -0.15) is 0 Å². The fourth-order valence-corrected chi connectivity index (χ4v) is 2.02. The molecule has 1 aliphatic rings. The number of imide groups is 1. The molecule has 0 saturated carbocycles. The standard InChI is InChI=1S/C14H23N3O3/c1-5-8-15-11(18)9-17-12(19)14(4,16-13(17)20)7-6-10(2)3/h5,10H,1,6-9H2,2-4H3,(H,15,18)(H,16,20). The molecule has 6 heteroatoms. The smallest absolute Gasteiger partial charge is 0.325 e. The maximum atomic E-state index is 12.3. The predicted octanol–water partition coefficient (Wildman–Crippen LogP) is 1.04. The van der Waals surface area contributed by atoms with E-state index in [4.69, 9.17) is 0 Å². The third-order valence-electron chi connectivity index (χ3n) is 3.31. The molecule has 20 heavy (non-hydrogen) atoms. The lowest BCUT2D eigenvalue weighted by Gasteiger charge is -2.22. The third-order valence-corrected chi connectivity index (χ3v) is 3.31. The van der Waals surface area contributed by atoms with Gasteiger partial charge in [0.05, 0.1) is 0 Å². The van der Waals surface area contributed by atoms with Crippen LogP contribution in [0, 0.1) is 5.92 Å². The maximum absolute atomic E-state index is 12.3. The Hall–Kier alpha value is -1.85. The van der Waals surface area contributed by atoms with Crippen molar-refractivity contribution in [1.82, 2.24) is 15.5 Å². The van der Waals surface area contributed by atoms with Crippen molar-refractivity contribution in [2.45, 2.75) is 39.2 Å². The van der Waals surface area contributed by atoms with Gasteiger partial charge in [0.1, 0.15) is 12.1 Å². The molecule has 1 saturated heterocycles. The summed E-state index contributed by atoms with van der Waals surface area (Å²) in [4.78, 5) is 36.7. The third kappa shape index (κ3) is 3.82. The van der Waals surface area contributed by atoms with Crippen LogP contribution in [-0.2, 0) is 9.59 Å². The molecule has 0 aliphatic carbocycles. The second-order valence-electron chi connectivity index (χ2n) is 5.68. The Kier molecular flexibility index (Phi) is 5.30. The van der Waals surface area contributed by atoms with Crippen molar-refractivity contribution in [3.05, 3.63) is 12.7 Å². The fraction of sp³-hybridized carbons (Fsp3) is 0.643. The van der Waals surface area contributed by atoms with Crippen molar-refractivity contribution >= 4 is 17.8 Å². The Morgan fingerprint density at radius 3 is 2.70 bits per heavy atom. The molecule has 0 spiro atoms. The lowest BCUT2D eigenvalue weighted by atomic mass is 9.92. The second kappa shape index (κ2) is 6.54. The molecular weight excluding hydrogens is 258 g/mol. The summed E-state index contributed by atoms with van der Waals surface area (Å²) in [7, 11) is 0. The van der Waals surface area contributed by atoms with E-state index in [0.29, 0.717) is 18.9 Å². The van der Waals surface area contributed by atoms with Gasteiger partial charge in [-0.05, 0) is 25.7 Å². The quantitative estimate of drug-likeness (QED) is 0.540. The molecule has 1 rings (SSSR count). The van der Waals surface area contributed by atoms with E-state index < -0.39 is 11.6 Å². The minimum absolute atomic E-state index is 0.254. The van der Waals surface area contributed by atoms with Gasteiger partial charge in [0.25, 0.3) is 5.91 Å². The minimum Gasteiger partial charge on any atom is -0.351 e. The van der Waals surface area contributed by atoms with Gasteiger partial charge in [-0.25, -0.2) is 4.79 Å². The zero-order valence-electron chi connectivity index (χ0n) is 12.4. The molecule has 112 valence electrons. The molecule has 6 nitrogen and oxygen atoms in total. The molecule has 1 heterocycles. The van der Waals surface area contributed by atoms with Crippen molar-refractivity contribution in [3.8, 4) is 0 Å². The van der Waals surface area contributed by atoms with Gasteiger partial charge in [-0.15, -0.1) is 6.58 Å². The zero-order chi connectivity index (χ0) is 15.3. The van der Waals surface area contributed by atoms with Gasteiger partial charge in [-0.3, -0.25) is 14.5 Å². The molecule has 0 bridgehead atoms. The first-order valence-electron chi connectivity index (χ1n) is 6.82. The summed E-state index contributed by atoms with van der Waals surface area (Å²) < 4.78 is 0. The fourth-order valence-electron chi connectivity index (χ4n) is 2.02. The van der Waals surface area contributed by atoms with Gasteiger partial charge in [0, 0.05) is 6.54 Å². The Labute approximate surface area is 119 Å². The average molecular weight is 281 g/mol. The number of hydrogen-bond acceptors (Lipinski definition) is 3. The van der Waals surface area contributed by atoms with E-state index in [9.17, 15) is 14.4 Å². The highest BCUT2D eigenvalue weighted by Crippen LogP contribution is 2.24. The van der Waals surface area contributed by atoms with Crippen LogP contribution in [0.2, 0.25) is 0 Å². The zero-order valence-corrected chi connectivity index (χ0v) is 12.4. The highest BCUT2D eigenvalue weighted by molar-refractivity contribution is 6.08. The number of amides is 4. The summed E-state index contributed by atoms with van der Waals surface area (Å²) in [5.74, 6) is -0.264. The molecule has 2 N–H and O–H groups in total. The summed E-state index contributed by atoms with van der Waals surface area (Å²) in [6.07, 6.45) is 2.94. The van der Waals surface area contributed by atoms with Crippen LogP contribution in [0.3, 0.4) is 0 Å². The Bertz CT molecular complexity index is 420. The van der Waals surface area contributed by atoms with Crippen molar-refractivity contribution in [3.63, 3.8) is 0 Å². The highest BCUT2D eigenvalue weighted by atomic mass is 16.2. The molecule has 0 aromatic rings. The summed E-state index contributed by atoms with van der Waals surface area (Å²) >= 11 is 0. The van der Waals surface area contributed by atoms with Crippen molar-refractivity contribution in [2.24, 2.45) is 5.92 Å². The van der Waals surface area contributed by atoms with Gasteiger partial charge in [-0.1, -0.05) is 19.9 Å². The normalized spacial score (nSPS) is 22.1. The Morgan fingerprint density at radius 2 is 2.15 bits per heavy atom. The SMILES string of the molecule is C=CCNC(=O)CN1C(=O)NC(C)(CCC(C)C)C1=O. The predicted molar refractivity (Wildman–Crippen MR) is 75.9 cm³/mol. The van der Waals surface area contributed by atoms with Crippen LogP contribution in [0.1, 0.15) is 33.6 Å². The van der Waals surface area contributed by atoms with Gasteiger partial charge >= 0.3 is 6.03 Å². The van der Waals surface area contributed by atoms with Crippen molar-refractivity contribution < 1.29 is 14.4 Å². The Balaban J connectivity index is 2.66. The summed E-state index contributed by atoms with van der Waals surface area (Å²) in [6, 6.07) is -0.505. The molecule has 1 unspecified atom stereocenters. The first-order chi connectivity index (χ1) is 9.30. The van der Waals surface area contributed by atoms with E-state index in [-0.39, 0.29) is 18.4 Å². The first-order valence-corrected chi connectivity index (χ1v) is 6.82. The van der Waals surface area contributed by atoms with Crippen LogP contribution in [0.4, 0.5) is 4.79 Å². The summed E-state index contributed by atoms with van der Waals surface area (Å²) in [5, 5.41) is 5.23. The van der Waals surface area contributed by atoms with Crippen LogP contribution < -0.4 is 10.6 Å². The molecule has 1 atom stereocenters. The number of urea groups is 1. The summed E-state index contributed by atoms with van der Waals surface area (Å²) in [5.41, 5.74) is -0.903. The van der Waals surface area contributed by atoms with E-state index in [0.717, 1.165) is 11.3 Å². The Morgan fingerprint density at radius 1 is 1.50 bits per heavy atom. The number of hydrogen-bond donors (Lipinski definition) is 2. The number of carbonyl (C=O) groups is 3. The lowest BCUT2D eigenvalue weighted by molar-refractivity contribution is -0.134. The van der Waals surface area contributed by atoms with E-state index >= 15 is 0 Å². The first kappa shape index (κ1) is 16.2.